The predicted molar refractivity (Wildman–Crippen MR) is 94.7 cm³/mol. The summed E-state index contributed by atoms with van der Waals surface area (Å²) in [6, 6.07) is 9.84. The molecule has 1 aliphatic rings. The van der Waals surface area contributed by atoms with E-state index in [-0.39, 0.29) is 10.8 Å². The highest BCUT2D eigenvalue weighted by Gasteiger charge is 2.20. The summed E-state index contributed by atoms with van der Waals surface area (Å²) in [4.78, 5) is 18.2. The van der Waals surface area contributed by atoms with E-state index in [0.29, 0.717) is 18.5 Å². The molecule has 132 valence electrons. The van der Waals surface area contributed by atoms with Crippen LogP contribution < -0.4 is 4.72 Å². The summed E-state index contributed by atoms with van der Waals surface area (Å²) in [7, 11) is -3.58. The predicted octanol–water partition coefficient (Wildman–Crippen LogP) is 1.84. The van der Waals surface area contributed by atoms with E-state index in [9.17, 15) is 13.2 Å². The van der Waals surface area contributed by atoms with Crippen molar-refractivity contribution in [2.75, 3.05) is 19.6 Å². The number of pyridine rings is 1. The Bertz CT molecular complexity index is 814. The van der Waals surface area contributed by atoms with E-state index < -0.39 is 10.0 Å². The lowest BCUT2D eigenvalue weighted by Gasteiger charge is -2.15. The number of nitrogens with one attached hydrogen (secondary N) is 1. The second-order valence-corrected chi connectivity index (χ2v) is 7.79. The van der Waals surface area contributed by atoms with Gasteiger partial charge in [-0.1, -0.05) is 0 Å². The van der Waals surface area contributed by atoms with Gasteiger partial charge in [0.05, 0.1) is 4.90 Å². The summed E-state index contributed by atoms with van der Waals surface area (Å²) in [5.74, 6) is -0.0351. The van der Waals surface area contributed by atoms with Crippen LogP contribution in [0.3, 0.4) is 0 Å². The van der Waals surface area contributed by atoms with E-state index in [0.717, 1.165) is 31.5 Å². The third-order valence-electron chi connectivity index (χ3n) is 4.26. The standard InChI is InChI=1S/C18H21N3O3S/c22-18(21-13-1-2-14-21)16-3-5-17(6-4-16)25(23,24)20-12-9-15-7-10-19-11-8-15/h3-8,10-11,20H,1-2,9,12-14H2. The average molecular weight is 359 g/mol. The molecule has 0 unspecified atom stereocenters. The molecule has 25 heavy (non-hydrogen) atoms. The summed E-state index contributed by atoms with van der Waals surface area (Å²) in [6.45, 7) is 1.85. The molecular formula is C18H21N3O3S. The molecule has 0 saturated carbocycles. The quantitative estimate of drug-likeness (QED) is 0.853. The van der Waals surface area contributed by atoms with E-state index in [4.69, 9.17) is 0 Å². The van der Waals surface area contributed by atoms with Gasteiger partial charge in [-0.2, -0.15) is 0 Å². The van der Waals surface area contributed by atoms with Gasteiger partial charge in [0.1, 0.15) is 0 Å². The summed E-state index contributed by atoms with van der Waals surface area (Å²) in [6.07, 6.45) is 6.01. The highest BCUT2D eigenvalue weighted by Crippen LogP contribution is 2.15. The molecule has 6 nitrogen and oxygen atoms in total. The van der Waals surface area contributed by atoms with Crippen LogP contribution in [0.5, 0.6) is 0 Å². The van der Waals surface area contributed by atoms with Gasteiger partial charge in [0.15, 0.2) is 0 Å². The number of rotatable bonds is 6. The number of hydrogen-bond donors (Lipinski definition) is 1. The fourth-order valence-corrected chi connectivity index (χ4v) is 3.87. The summed E-state index contributed by atoms with van der Waals surface area (Å²) >= 11 is 0. The van der Waals surface area contributed by atoms with E-state index in [2.05, 4.69) is 9.71 Å². The monoisotopic (exact) mass is 359 g/mol. The lowest BCUT2D eigenvalue weighted by molar-refractivity contribution is 0.0792. The largest absolute Gasteiger partial charge is 0.339 e. The minimum Gasteiger partial charge on any atom is -0.339 e. The Kier molecular flexibility index (Phi) is 5.45. The van der Waals surface area contributed by atoms with Crippen molar-refractivity contribution in [1.82, 2.24) is 14.6 Å². The maximum Gasteiger partial charge on any atom is 0.253 e. The summed E-state index contributed by atoms with van der Waals surface area (Å²) < 4.78 is 27.3. The van der Waals surface area contributed by atoms with Crippen molar-refractivity contribution < 1.29 is 13.2 Å². The topological polar surface area (TPSA) is 79.4 Å². The third kappa shape index (κ3) is 4.43. The zero-order valence-corrected chi connectivity index (χ0v) is 14.7. The molecular weight excluding hydrogens is 338 g/mol. The minimum atomic E-state index is -3.58. The first-order valence-electron chi connectivity index (χ1n) is 8.34. The van der Waals surface area contributed by atoms with Crippen LogP contribution in [0.2, 0.25) is 0 Å². The van der Waals surface area contributed by atoms with E-state index in [1.807, 2.05) is 12.1 Å². The van der Waals surface area contributed by atoms with Crippen LogP contribution in [0, 0.1) is 0 Å². The second-order valence-electron chi connectivity index (χ2n) is 6.03. The highest BCUT2D eigenvalue weighted by molar-refractivity contribution is 7.89. The molecule has 1 saturated heterocycles. The number of nitrogens with zero attached hydrogens (tertiary/aromatic N) is 2. The number of sulfonamides is 1. The van der Waals surface area contributed by atoms with Gasteiger partial charge < -0.3 is 4.90 Å². The molecule has 1 aromatic carbocycles. The van der Waals surface area contributed by atoms with Gasteiger partial charge in [-0.15, -0.1) is 0 Å². The van der Waals surface area contributed by atoms with Crippen LogP contribution in [-0.4, -0.2) is 43.8 Å². The molecule has 1 aromatic heterocycles. The Morgan fingerprint density at radius 3 is 2.32 bits per heavy atom. The Morgan fingerprint density at radius 2 is 1.68 bits per heavy atom. The smallest absolute Gasteiger partial charge is 0.253 e. The highest BCUT2D eigenvalue weighted by atomic mass is 32.2. The molecule has 7 heteroatoms. The van der Waals surface area contributed by atoms with Crippen LogP contribution in [-0.2, 0) is 16.4 Å². The molecule has 0 radical (unpaired) electrons. The van der Waals surface area contributed by atoms with Gasteiger partial charge in [0.2, 0.25) is 10.0 Å². The van der Waals surface area contributed by atoms with Crippen molar-refractivity contribution in [3.8, 4) is 0 Å². The zero-order valence-electron chi connectivity index (χ0n) is 13.9. The van der Waals surface area contributed by atoms with Crippen LogP contribution in [0.15, 0.2) is 53.7 Å². The number of hydrogen-bond acceptors (Lipinski definition) is 4. The second kappa shape index (κ2) is 7.76. The zero-order chi connectivity index (χ0) is 17.7. The van der Waals surface area contributed by atoms with Crippen molar-refractivity contribution in [2.24, 2.45) is 0 Å². The molecule has 0 atom stereocenters. The number of amides is 1. The number of carbonyl (C=O) groups is 1. The minimum absolute atomic E-state index is 0.0351. The van der Waals surface area contributed by atoms with Gasteiger partial charge in [0, 0.05) is 37.6 Å². The molecule has 1 N–H and O–H groups in total. The average Bonchev–Trinajstić information content (AvgIpc) is 3.17. The first-order valence-corrected chi connectivity index (χ1v) is 9.82. The first kappa shape index (κ1) is 17.6. The van der Waals surface area contributed by atoms with Crippen molar-refractivity contribution >= 4 is 15.9 Å². The molecule has 1 fully saturated rings. The maximum atomic E-state index is 12.3. The first-order chi connectivity index (χ1) is 12.1. The van der Waals surface area contributed by atoms with Crippen molar-refractivity contribution in [3.63, 3.8) is 0 Å². The maximum absolute atomic E-state index is 12.3. The van der Waals surface area contributed by atoms with Crippen LogP contribution in [0.1, 0.15) is 28.8 Å². The van der Waals surface area contributed by atoms with Gasteiger partial charge in [0.25, 0.3) is 5.91 Å². The van der Waals surface area contributed by atoms with Gasteiger partial charge in [-0.05, 0) is 61.2 Å². The van der Waals surface area contributed by atoms with E-state index in [1.165, 1.54) is 12.1 Å². The number of aromatic nitrogens is 1. The lowest BCUT2D eigenvalue weighted by Crippen LogP contribution is -2.28. The molecule has 1 amide bonds. The van der Waals surface area contributed by atoms with Crippen LogP contribution >= 0.6 is 0 Å². The van der Waals surface area contributed by atoms with Gasteiger partial charge in [-0.25, -0.2) is 13.1 Å². The van der Waals surface area contributed by atoms with Crippen LogP contribution in [0.4, 0.5) is 0 Å². The molecule has 1 aliphatic heterocycles. The van der Waals surface area contributed by atoms with Gasteiger partial charge >= 0.3 is 0 Å². The van der Waals surface area contributed by atoms with Crippen LogP contribution in [0.25, 0.3) is 0 Å². The number of likely N-dealkylation sites (tertiary alicyclic amines) is 1. The molecule has 0 bridgehead atoms. The number of benzene rings is 1. The number of carbonyl (C=O) groups excluding carboxylic acids is 1. The molecule has 2 heterocycles. The third-order valence-corrected chi connectivity index (χ3v) is 5.74. The SMILES string of the molecule is O=C(c1ccc(S(=O)(=O)NCCc2ccncc2)cc1)N1CCCC1. The Hall–Kier alpha value is -2.25. The Labute approximate surface area is 147 Å². The van der Waals surface area contributed by atoms with E-state index >= 15 is 0 Å². The molecule has 0 spiro atoms. The fourth-order valence-electron chi connectivity index (χ4n) is 2.84. The Balaban J connectivity index is 1.61. The normalized spacial score (nSPS) is 14.6. The molecule has 3 rings (SSSR count). The van der Waals surface area contributed by atoms with Gasteiger partial charge in [-0.3, -0.25) is 9.78 Å². The molecule has 0 aliphatic carbocycles. The molecule has 2 aromatic rings. The lowest BCUT2D eigenvalue weighted by atomic mass is 10.2. The van der Waals surface area contributed by atoms with Crippen molar-refractivity contribution in [2.45, 2.75) is 24.2 Å². The fraction of sp³-hybridized carbons (Fsp3) is 0.333. The Morgan fingerprint density at radius 1 is 1.04 bits per heavy atom. The van der Waals surface area contributed by atoms with Crippen molar-refractivity contribution in [1.29, 1.82) is 0 Å². The summed E-state index contributed by atoms with van der Waals surface area (Å²) in [5, 5.41) is 0. The van der Waals surface area contributed by atoms with Crippen molar-refractivity contribution in [3.05, 3.63) is 59.9 Å². The summed E-state index contributed by atoms with van der Waals surface area (Å²) in [5.41, 5.74) is 1.54. The van der Waals surface area contributed by atoms with E-state index in [1.54, 1.807) is 29.4 Å².